The third-order valence-corrected chi connectivity index (χ3v) is 3.82. The number of benzene rings is 2. The van der Waals surface area contributed by atoms with E-state index >= 15 is 0 Å². The lowest BCUT2D eigenvalue weighted by Gasteiger charge is -2.17. The van der Waals surface area contributed by atoms with Crippen molar-refractivity contribution in [3.8, 4) is 0 Å². The van der Waals surface area contributed by atoms with Gasteiger partial charge in [-0.25, -0.2) is 9.18 Å². The highest BCUT2D eigenvalue weighted by Crippen LogP contribution is 2.34. The Hall–Kier alpha value is -2.73. The Morgan fingerprint density at radius 1 is 1.22 bits per heavy atom. The molecule has 1 aliphatic rings. The van der Waals surface area contributed by atoms with Crippen molar-refractivity contribution in [1.82, 2.24) is 0 Å². The molecule has 0 aliphatic carbocycles. The fourth-order valence-corrected chi connectivity index (χ4v) is 2.59. The Morgan fingerprint density at radius 3 is 2.65 bits per heavy atom. The first-order chi connectivity index (χ1) is 10.9. The molecule has 5 nitrogen and oxygen atoms in total. The molecule has 0 spiro atoms. The molecule has 1 N–H and O–H groups in total. The second-order valence-electron chi connectivity index (χ2n) is 5.01. The van der Waals surface area contributed by atoms with Gasteiger partial charge in [0.1, 0.15) is 5.82 Å². The van der Waals surface area contributed by atoms with E-state index in [9.17, 15) is 18.8 Å². The minimum atomic E-state index is -1.10. The van der Waals surface area contributed by atoms with E-state index in [4.69, 9.17) is 16.7 Å². The van der Waals surface area contributed by atoms with Crippen LogP contribution >= 0.6 is 11.6 Å². The summed E-state index contributed by atoms with van der Waals surface area (Å²) in [5, 5.41) is 8.80. The number of carbonyl (C=O) groups excluding carboxylic acids is 2. The summed E-state index contributed by atoms with van der Waals surface area (Å²) in [5.74, 6) is -3.49. The highest BCUT2D eigenvalue weighted by Gasteiger charge is 2.36. The fourth-order valence-electron chi connectivity index (χ4n) is 2.43. The van der Waals surface area contributed by atoms with Gasteiger partial charge < -0.3 is 10.0 Å². The number of ketones is 1. The van der Waals surface area contributed by atoms with Gasteiger partial charge >= 0.3 is 5.97 Å². The Balaban J connectivity index is 2.00. The molecule has 23 heavy (non-hydrogen) atoms. The molecule has 0 atom stereocenters. The average molecular weight is 334 g/mol. The SMILES string of the molecule is O=C(O)c1cccc(CN2C(=O)C(=O)c3cc(F)c(Cl)cc32)c1. The van der Waals surface area contributed by atoms with Gasteiger partial charge in [-0.2, -0.15) is 0 Å². The van der Waals surface area contributed by atoms with E-state index in [1.807, 2.05) is 0 Å². The highest BCUT2D eigenvalue weighted by molar-refractivity contribution is 6.52. The Kier molecular flexibility index (Phi) is 3.61. The number of fused-ring (bicyclic) bond motifs is 1. The largest absolute Gasteiger partial charge is 0.478 e. The van der Waals surface area contributed by atoms with Crippen LogP contribution in [0.5, 0.6) is 0 Å². The van der Waals surface area contributed by atoms with Crippen LogP contribution in [0.4, 0.5) is 10.1 Å². The molecule has 1 aliphatic heterocycles. The van der Waals surface area contributed by atoms with Crippen LogP contribution in [0.2, 0.25) is 5.02 Å². The number of carbonyl (C=O) groups is 3. The molecule has 2 aromatic carbocycles. The van der Waals surface area contributed by atoms with Gasteiger partial charge in [0, 0.05) is 0 Å². The number of hydrogen-bond acceptors (Lipinski definition) is 3. The lowest BCUT2D eigenvalue weighted by atomic mass is 10.1. The molecule has 116 valence electrons. The van der Waals surface area contributed by atoms with Crippen LogP contribution in [0.1, 0.15) is 26.3 Å². The van der Waals surface area contributed by atoms with Crippen molar-refractivity contribution < 1.29 is 23.9 Å². The molecule has 0 saturated carbocycles. The molecule has 0 bridgehead atoms. The van der Waals surface area contributed by atoms with Crippen LogP contribution in [-0.2, 0) is 11.3 Å². The second kappa shape index (κ2) is 5.48. The van der Waals surface area contributed by atoms with Crippen LogP contribution < -0.4 is 4.90 Å². The maximum Gasteiger partial charge on any atom is 0.335 e. The van der Waals surface area contributed by atoms with E-state index in [1.165, 1.54) is 18.2 Å². The minimum absolute atomic E-state index is 0.0132. The first-order valence-electron chi connectivity index (χ1n) is 6.56. The molecule has 0 unspecified atom stereocenters. The summed E-state index contributed by atoms with van der Waals surface area (Å²) in [5.41, 5.74) is 0.760. The van der Waals surface area contributed by atoms with Gasteiger partial charge in [-0.15, -0.1) is 0 Å². The minimum Gasteiger partial charge on any atom is -0.478 e. The number of halogens is 2. The van der Waals surface area contributed by atoms with E-state index in [0.717, 1.165) is 11.0 Å². The number of Topliss-reactive ketones (excluding diaryl/α,β-unsaturated/α-hetero) is 1. The van der Waals surface area contributed by atoms with Crippen molar-refractivity contribution >= 4 is 34.9 Å². The maximum atomic E-state index is 13.5. The number of amides is 1. The fraction of sp³-hybridized carbons (Fsp3) is 0.0625. The lowest BCUT2D eigenvalue weighted by Crippen LogP contribution is -2.29. The third-order valence-electron chi connectivity index (χ3n) is 3.53. The van der Waals surface area contributed by atoms with Gasteiger partial charge in [-0.1, -0.05) is 23.7 Å². The van der Waals surface area contributed by atoms with E-state index in [1.54, 1.807) is 12.1 Å². The molecular formula is C16H9ClFNO4. The van der Waals surface area contributed by atoms with Gasteiger partial charge in [0.2, 0.25) is 0 Å². The number of carboxylic acids is 1. The number of nitrogens with zero attached hydrogens (tertiary/aromatic N) is 1. The molecule has 2 aromatic rings. The molecule has 0 saturated heterocycles. The number of hydrogen-bond donors (Lipinski definition) is 1. The first-order valence-corrected chi connectivity index (χ1v) is 6.93. The smallest absolute Gasteiger partial charge is 0.335 e. The van der Waals surface area contributed by atoms with Gasteiger partial charge in [-0.3, -0.25) is 9.59 Å². The van der Waals surface area contributed by atoms with E-state index in [2.05, 4.69) is 0 Å². The van der Waals surface area contributed by atoms with Crippen molar-refractivity contribution in [3.05, 3.63) is 63.9 Å². The number of carboxylic acid groups (broad SMARTS) is 1. The topological polar surface area (TPSA) is 74.7 Å². The Labute approximate surface area is 134 Å². The summed E-state index contributed by atoms with van der Waals surface area (Å²) < 4.78 is 13.5. The van der Waals surface area contributed by atoms with E-state index in [-0.39, 0.29) is 28.4 Å². The zero-order valence-electron chi connectivity index (χ0n) is 11.5. The van der Waals surface area contributed by atoms with Gasteiger partial charge in [0.05, 0.1) is 28.4 Å². The van der Waals surface area contributed by atoms with Gasteiger partial charge in [0.25, 0.3) is 11.7 Å². The number of aromatic carboxylic acids is 1. The molecule has 1 heterocycles. The van der Waals surface area contributed by atoms with Crippen molar-refractivity contribution in [2.75, 3.05) is 4.90 Å². The molecule has 0 fully saturated rings. The molecule has 7 heteroatoms. The average Bonchev–Trinajstić information content (AvgIpc) is 2.73. The summed E-state index contributed by atoms with van der Waals surface area (Å²) in [4.78, 5) is 36.2. The summed E-state index contributed by atoms with van der Waals surface area (Å²) in [7, 11) is 0. The number of rotatable bonds is 3. The quantitative estimate of drug-likeness (QED) is 0.876. The monoisotopic (exact) mass is 333 g/mol. The predicted molar refractivity (Wildman–Crippen MR) is 80.3 cm³/mol. The van der Waals surface area contributed by atoms with E-state index in [0.29, 0.717) is 5.56 Å². The van der Waals surface area contributed by atoms with Crippen molar-refractivity contribution in [3.63, 3.8) is 0 Å². The van der Waals surface area contributed by atoms with Crippen molar-refractivity contribution in [2.45, 2.75) is 6.54 Å². The normalized spacial score (nSPS) is 13.4. The van der Waals surface area contributed by atoms with Crippen molar-refractivity contribution in [1.29, 1.82) is 0 Å². The van der Waals surface area contributed by atoms with Crippen LogP contribution in [0.3, 0.4) is 0 Å². The molecular weight excluding hydrogens is 325 g/mol. The highest BCUT2D eigenvalue weighted by atomic mass is 35.5. The standard InChI is InChI=1S/C16H9ClFNO4/c17-11-6-13-10(5-12(11)18)14(20)15(21)19(13)7-8-2-1-3-9(4-8)16(22)23/h1-6H,7H2,(H,22,23). The van der Waals surface area contributed by atoms with Gasteiger partial charge in [-0.05, 0) is 29.8 Å². The lowest BCUT2D eigenvalue weighted by molar-refractivity contribution is -0.114. The first kappa shape index (κ1) is 15.2. The predicted octanol–water partition coefficient (Wildman–Crippen LogP) is 2.91. The summed E-state index contributed by atoms with van der Waals surface area (Å²) >= 11 is 5.72. The summed E-state index contributed by atoms with van der Waals surface area (Å²) in [6, 6.07) is 8.15. The Bertz CT molecular complexity index is 865. The van der Waals surface area contributed by atoms with Crippen LogP contribution in [0.15, 0.2) is 36.4 Å². The maximum absolute atomic E-state index is 13.5. The zero-order chi connectivity index (χ0) is 16.7. The summed E-state index contributed by atoms with van der Waals surface area (Å²) in [6.45, 7) is -0.0132. The molecule has 0 radical (unpaired) electrons. The van der Waals surface area contributed by atoms with Crippen molar-refractivity contribution in [2.24, 2.45) is 0 Å². The summed E-state index contributed by atoms with van der Waals surface area (Å²) in [6.07, 6.45) is 0. The third kappa shape index (κ3) is 2.57. The van der Waals surface area contributed by atoms with Crippen LogP contribution in [0, 0.1) is 5.82 Å². The van der Waals surface area contributed by atoms with Gasteiger partial charge in [0.15, 0.2) is 0 Å². The molecule has 1 amide bonds. The zero-order valence-corrected chi connectivity index (χ0v) is 12.3. The number of anilines is 1. The Morgan fingerprint density at radius 2 is 1.96 bits per heavy atom. The van der Waals surface area contributed by atoms with E-state index < -0.39 is 23.5 Å². The van der Waals surface area contributed by atoms with Crippen LogP contribution in [0.25, 0.3) is 0 Å². The molecule has 3 rings (SSSR count). The van der Waals surface area contributed by atoms with Crippen LogP contribution in [-0.4, -0.2) is 22.8 Å². The second-order valence-corrected chi connectivity index (χ2v) is 5.42. The molecule has 0 aromatic heterocycles.